The Balaban J connectivity index is 2.62. The molecule has 0 radical (unpaired) electrons. The van der Waals surface area contributed by atoms with Crippen molar-refractivity contribution in [3.63, 3.8) is 0 Å². The van der Waals surface area contributed by atoms with Crippen LogP contribution < -0.4 is 5.73 Å². The molecule has 1 rings (SSSR count). The van der Waals surface area contributed by atoms with Crippen LogP contribution in [0.25, 0.3) is 0 Å². The van der Waals surface area contributed by atoms with E-state index in [1.54, 1.807) is 4.90 Å². The van der Waals surface area contributed by atoms with Gasteiger partial charge in [0.1, 0.15) is 0 Å². The summed E-state index contributed by atoms with van der Waals surface area (Å²) in [5, 5.41) is 9.13. The van der Waals surface area contributed by atoms with E-state index in [0.717, 1.165) is 6.42 Å². The maximum atomic E-state index is 12.4. The molecule has 0 saturated carbocycles. The summed E-state index contributed by atoms with van der Waals surface area (Å²) in [5.41, 5.74) is 5.56. The molecular formula is C14H28N2O4S. The van der Waals surface area contributed by atoms with Crippen LogP contribution in [0.3, 0.4) is 0 Å². The molecule has 1 unspecified atom stereocenters. The molecule has 1 atom stereocenters. The van der Waals surface area contributed by atoms with Crippen LogP contribution in [0.5, 0.6) is 0 Å². The van der Waals surface area contributed by atoms with Gasteiger partial charge in [-0.1, -0.05) is 13.8 Å². The third-order valence-electron chi connectivity index (χ3n) is 4.15. The van der Waals surface area contributed by atoms with Gasteiger partial charge in [-0.2, -0.15) is 0 Å². The molecule has 0 aromatic carbocycles. The molecule has 1 saturated heterocycles. The van der Waals surface area contributed by atoms with Gasteiger partial charge in [0.05, 0.1) is 18.1 Å². The summed E-state index contributed by atoms with van der Waals surface area (Å²) < 4.78 is 23.1. The lowest BCUT2D eigenvalue weighted by molar-refractivity contribution is -0.134. The fourth-order valence-electron chi connectivity index (χ4n) is 2.74. The number of aliphatic hydroxyl groups excluding tert-OH is 1. The molecule has 1 amide bonds. The minimum absolute atomic E-state index is 0.00293. The second-order valence-electron chi connectivity index (χ2n) is 6.57. The molecule has 0 aromatic rings. The predicted octanol–water partition coefficient (Wildman–Crippen LogP) is 0.150. The molecule has 1 aliphatic rings. The Kier molecular flexibility index (Phi) is 6.62. The molecule has 1 aliphatic heterocycles. The Bertz CT molecular complexity index is 448. The second kappa shape index (κ2) is 7.56. The highest BCUT2D eigenvalue weighted by atomic mass is 32.2. The van der Waals surface area contributed by atoms with E-state index < -0.39 is 9.84 Å². The maximum Gasteiger partial charge on any atom is 0.222 e. The van der Waals surface area contributed by atoms with E-state index in [1.165, 1.54) is 0 Å². The summed E-state index contributed by atoms with van der Waals surface area (Å²) in [7, 11) is -3.04. The number of carbonyl (C=O) groups excluding carboxylic acids is 1. The summed E-state index contributed by atoms with van der Waals surface area (Å²) in [6.07, 6.45) is 2.40. The number of sulfone groups is 1. The Morgan fingerprint density at radius 1 is 1.38 bits per heavy atom. The molecule has 124 valence electrons. The van der Waals surface area contributed by atoms with Crippen LogP contribution in [0.2, 0.25) is 0 Å². The number of carbonyl (C=O) groups is 1. The SMILES string of the molecule is CC(C)(CCN)CCC(=O)N(CCO)C1CCS(=O)(=O)C1. The van der Waals surface area contributed by atoms with Gasteiger partial charge < -0.3 is 15.7 Å². The molecule has 0 aliphatic carbocycles. The van der Waals surface area contributed by atoms with Crippen molar-refractivity contribution in [2.75, 3.05) is 31.2 Å². The molecule has 7 heteroatoms. The van der Waals surface area contributed by atoms with Crippen molar-refractivity contribution in [3.05, 3.63) is 0 Å². The van der Waals surface area contributed by atoms with Crippen LogP contribution in [0.15, 0.2) is 0 Å². The minimum Gasteiger partial charge on any atom is -0.395 e. The molecule has 0 spiro atoms. The highest BCUT2D eigenvalue weighted by molar-refractivity contribution is 7.91. The lowest BCUT2D eigenvalue weighted by Crippen LogP contribution is -2.43. The lowest BCUT2D eigenvalue weighted by atomic mass is 9.84. The van der Waals surface area contributed by atoms with Crippen LogP contribution in [0, 0.1) is 5.41 Å². The van der Waals surface area contributed by atoms with Crippen molar-refractivity contribution in [2.45, 2.75) is 45.6 Å². The van der Waals surface area contributed by atoms with E-state index in [-0.39, 0.29) is 42.0 Å². The normalized spacial score (nSPS) is 21.4. The number of nitrogens with zero attached hydrogens (tertiary/aromatic N) is 1. The van der Waals surface area contributed by atoms with Crippen LogP contribution in [-0.2, 0) is 14.6 Å². The molecular weight excluding hydrogens is 292 g/mol. The second-order valence-corrected chi connectivity index (χ2v) is 8.80. The van der Waals surface area contributed by atoms with Gasteiger partial charge >= 0.3 is 0 Å². The molecule has 1 heterocycles. The quantitative estimate of drug-likeness (QED) is 0.663. The van der Waals surface area contributed by atoms with Gasteiger partial charge in [-0.05, 0) is 31.2 Å². The number of amides is 1. The molecule has 21 heavy (non-hydrogen) atoms. The third kappa shape index (κ3) is 5.92. The molecule has 0 aromatic heterocycles. The van der Waals surface area contributed by atoms with E-state index in [4.69, 9.17) is 10.8 Å². The Hall–Kier alpha value is -0.660. The number of hydrogen-bond acceptors (Lipinski definition) is 5. The molecule has 1 fully saturated rings. The summed E-state index contributed by atoms with van der Waals surface area (Å²) in [6.45, 7) is 4.79. The maximum absolute atomic E-state index is 12.4. The fraction of sp³-hybridized carbons (Fsp3) is 0.929. The van der Waals surface area contributed by atoms with Crippen LogP contribution >= 0.6 is 0 Å². The topological polar surface area (TPSA) is 101 Å². The minimum atomic E-state index is -3.04. The number of aliphatic hydroxyl groups is 1. The average molecular weight is 320 g/mol. The Labute approximate surface area is 127 Å². The van der Waals surface area contributed by atoms with Crippen molar-refractivity contribution in [1.82, 2.24) is 4.90 Å². The highest BCUT2D eigenvalue weighted by Crippen LogP contribution is 2.27. The first-order chi connectivity index (χ1) is 9.71. The fourth-order valence-corrected chi connectivity index (χ4v) is 4.48. The van der Waals surface area contributed by atoms with E-state index in [0.29, 0.717) is 25.8 Å². The van der Waals surface area contributed by atoms with E-state index >= 15 is 0 Å². The largest absolute Gasteiger partial charge is 0.395 e. The van der Waals surface area contributed by atoms with Gasteiger partial charge in [0, 0.05) is 19.0 Å². The Morgan fingerprint density at radius 2 is 2.05 bits per heavy atom. The number of nitrogens with two attached hydrogens (primary N) is 1. The zero-order valence-electron chi connectivity index (χ0n) is 13.0. The summed E-state index contributed by atoms with van der Waals surface area (Å²) in [6, 6.07) is -0.285. The summed E-state index contributed by atoms with van der Waals surface area (Å²) in [5.74, 6) is 0.0764. The highest BCUT2D eigenvalue weighted by Gasteiger charge is 2.34. The van der Waals surface area contributed by atoms with Crippen molar-refractivity contribution in [1.29, 1.82) is 0 Å². The van der Waals surface area contributed by atoms with Gasteiger partial charge in [0.2, 0.25) is 5.91 Å². The molecule has 3 N–H and O–H groups in total. The molecule has 0 bridgehead atoms. The van der Waals surface area contributed by atoms with Gasteiger partial charge in [0.25, 0.3) is 0 Å². The van der Waals surface area contributed by atoms with E-state index in [2.05, 4.69) is 13.8 Å². The number of hydrogen-bond donors (Lipinski definition) is 2. The lowest BCUT2D eigenvalue weighted by Gasteiger charge is -2.30. The zero-order chi connectivity index (χ0) is 16.1. The predicted molar refractivity (Wildman–Crippen MR) is 82.5 cm³/mol. The van der Waals surface area contributed by atoms with Gasteiger partial charge in [-0.3, -0.25) is 4.79 Å². The van der Waals surface area contributed by atoms with Crippen molar-refractivity contribution in [3.8, 4) is 0 Å². The first kappa shape index (κ1) is 18.4. The summed E-state index contributed by atoms with van der Waals surface area (Å²) >= 11 is 0. The first-order valence-electron chi connectivity index (χ1n) is 7.51. The van der Waals surface area contributed by atoms with Crippen molar-refractivity contribution < 1.29 is 18.3 Å². The average Bonchev–Trinajstić information content (AvgIpc) is 2.73. The monoisotopic (exact) mass is 320 g/mol. The summed E-state index contributed by atoms with van der Waals surface area (Å²) in [4.78, 5) is 13.9. The van der Waals surface area contributed by atoms with Crippen LogP contribution in [0.4, 0.5) is 0 Å². The van der Waals surface area contributed by atoms with E-state index in [1.807, 2.05) is 0 Å². The van der Waals surface area contributed by atoms with Crippen molar-refractivity contribution >= 4 is 15.7 Å². The van der Waals surface area contributed by atoms with Crippen LogP contribution in [-0.4, -0.2) is 61.6 Å². The van der Waals surface area contributed by atoms with E-state index in [9.17, 15) is 13.2 Å². The smallest absolute Gasteiger partial charge is 0.222 e. The van der Waals surface area contributed by atoms with Gasteiger partial charge in [-0.25, -0.2) is 8.42 Å². The van der Waals surface area contributed by atoms with Crippen molar-refractivity contribution in [2.24, 2.45) is 11.1 Å². The van der Waals surface area contributed by atoms with Gasteiger partial charge in [-0.15, -0.1) is 0 Å². The Morgan fingerprint density at radius 3 is 2.52 bits per heavy atom. The standard InChI is InChI=1S/C14H28N2O4S/c1-14(2,6-7-15)5-3-13(18)16(8-9-17)12-4-10-21(19,20)11-12/h12,17H,3-11,15H2,1-2H3. The van der Waals surface area contributed by atoms with Crippen LogP contribution in [0.1, 0.15) is 39.5 Å². The third-order valence-corrected chi connectivity index (χ3v) is 5.90. The molecule has 6 nitrogen and oxygen atoms in total. The number of rotatable bonds is 8. The first-order valence-corrected chi connectivity index (χ1v) is 9.34. The zero-order valence-corrected chi connectivity index (χ0v) is 13.9. The van der Waals surface area contributed by atoms with Gasteiger partial charge in [0.15, 0.2) is 9.84 Å².